The molecule has 5 heteroatoms. The summed E-state index contributed by atoms with van der Waals surface area (Å²) < 4.78 is 1.57. The number of aromatic nitrogens is 3. The van der Waals surface area contributed by atoms with Crippen LogP contribution in [-0.2, 0) is 7.05 Å². The van der Waals surface area contributed by atoms with Crippen LogP contribution in [-0.4, -0.2) is 44.3 Å². The van der Waals surface area contributed by atoms with Gasteiger partial charge in [0.15, 0.2) is 0 Å². The molecule has 18 heavy (non-hydrogen) atoms. The number of carbonyl (C=O) groups is 1. The number of Topliss-reactive ketones (excluding diaryl/α,β-unsaturated/α-hetero) is 1. The van der Waals surface area contributed by atoms with E-state index in [4.69, 9.17) is 0 Å². The zero-order valence-corrected chi connectivity index (χ0v) is 11.5. The van der Waals surface area contributed by atoms with Crippen molar-refractivity contribution >= 4 is 5.78 Å². The van der Waals surface area contributed by atoms with Crippen LogP contribution in [0.1, 0.15) is 50.0 Å². The van der Waals surface area contributed by atoms with Crippen LogP contribution >= 0.6 is 0 Å². The minimum atomic E-state index is -0.421. The molecule has 0 aliphatic carbocycles. The highest BCUT2D eigenvalue weighted by atomic mass is 16.1. The van der Waals surface area contributed by atoms with Gasteiger partial charge >= 0.3 is 0 Å². The van der Waals surface area contributed by atoms with Crippen molar-refractivity contribution in [3.8, 4) is 0 Å². The molecule has 0 bridgehead atoms. The molecule has 0 spiro atoms. The molecule has 1 saturated heterocycles. The van der Waals surface area contributed by atoms with Crippen LogP contribution in [0.25, 0.3) is 0 Å². The van der Waals surface area contributed by atoms with Crippen molar-refractivity contribution in [2.24, 2.45) is 7.05 Å². The SMILES string of the molecule is CCC(C)(C(=O)c1cnnn1C)N1CCCCC1. The molecule has 1 unspecified atom stereocenters. The van der Waals surface area contributed by atoms with E-state index in [1.807, 2.05) is 6.92 Å². The average Bonchev–Trinajstić information content (AvgIpc) is 2.84. The third-order valence-electron chi connectivity index (χ3n) is 4.18. The third kappa shape index (κ3) is 2.19. The van der Waals surface area contributed by atoms with Gasteiger partial charge in [-0.15, -0.1) is 5.10 Å². The molecule has 1 aromatic rings. The fourth-order valence-corrected chi connectivity index (χ4v) is 2.69. The first kappa shape index (κ1) is 13.2. The van der Waals surface area contributed by atoms with Gasteiger partial charge in [-0.1, -0.05) is 18.6 Å². The van der Waals surface area contributed by atoms with Crippen molar-refractivity contribution in [2.45, 2.75) is 45.1 Å². The van der Waals surface area contributed by atoms with Crippen molar-refractivity contribution in [1.82, 2.24) is 19.9 Å². The summed E-state index contributed by atoms with van der Waals surface area (Å²) in [5.74, 6) is 0.138. The Morgan fingerprint density at radius 1 is 1.39 bits per heavy atom. The van der Waals surface area contributed by atoms with Crippen molar-refractivity contribution in [2.75, 3.05) is 13.1 Å². The summed E-state index contributed by atoms with van der Waals surface area (Å²) in [6.45, 7) is 6.16. The van der Waals surface area contributed by atoms with Gasteiger partial charge in [0.05, 0.1) is 11.7 Å². The van der Waals surface area contributed by atoms with Gasteiger partial charge in [-0.25, -0.2) is 4.68 Å². The van der Waals surface area contributed by atoms with Crippen LogP contribution in [0.4, 0.5) is 0 Å². The zero-order valence-electron chi connectivity index (χ0n) is 11.5. The lowest BCUT2D eigenvalue weighted by atomic mass is 9.87. The van der Waals surface area contributed by atoms with E-state index in [0.717, 1.165) is 19.5 Å². The molecule has 0 N–H and O–H groups in total. The highest BCUT2D eigenvalue weighted by molar-refractivity contribution is 6.01. The van der Waals surface area contributed by atoms with Crippen LogP contribution in [0.5, 0.6) is 0 Å². The number of likely N-dealkylation sites (tertiary alicyclic amines) is 1. The Bertz CT molecular complexity index is 422. The molecule has 1 aromatic heterocycles. The normalized spacial score (nSPS) is 20.6. The molecule has 0 radical (unpaired) electrons. The summed E-state index contributed by atoms with van der Waals surface area (Å²) in [6.07, 6.45) is 6.04. The highest BCUT2D eigenvalue weighted by Gasteiger charge is 2.39. The Labute approximate surface area is 108 Å². The molecule has 0 aromatic carbocycles. The van der Waals surface area contributed by atoms with Crippen LogP contribution in [0.3, 0.4) is 0 Å². The van der Waals surface area contributed by atoms with Gasteiger partial charge in [-0.05, 0) is 39.3 Å². The fraction of sp³-hybridized carbons (Fsp3) is 0.769. The smallest absolute Gasteiger partial charge is 0.202 e. The standard InChI is InChI=1S/C13H22N4O/c1-4-13(2,17-8-6-5-7-9-17)12(18)11-10-14-15-16(11)3/h10H,4-9H2,1-3H3. The summed E-state index contributed by atoms with van der Waals surface area (Å²) in [6, 6.07) is 0. The maximum atomic E-state index is 12.7. The largest absolute Gasteiger partial charge is 0.291 e. The minimum Gasteiger partial charge on any atom is -0.291 e. The van der Waals surface area contributed by atoms with E-state index in [1.165, 1.54) is 19.3 Å². The second-order valence-corrected chi connectivity index (χ2v) is 5.25. The number of nitrogens with zero attached hydrogens (tertiary/aromatic N) is 4. The maximum Gasteiger partial charge on any atom is 0.202 e. The van der Waals surface area contributed by atoms with E-state index in [2.05, 4.69) is 22.1 Å². The summed E-state index contributed by atoms with van der Waals surface area (Å²) in [4.78, 5) is 15.1. The van der Waals surface area contributed by atoms with Crippen LogP contribution < -0.4 is 0 Å². The van der Waals surface area contributed by atoms with Gasteiger partial charge in [0, 0.05) is 7.05 Å². The Kier molecular flexibility index (Phi) is 3.80. The van der Waals surface area contributed by atoms with Crippen molar-refractivity contribution < 1.29 is 4.79 Å². The van der Waals surface area contributed by atoms with Gasteiger partial charge in [-0.2, -0.15) is 0 Å². The average molecular weight is 250 g/mol. The number of hydrogen-bond acceptors (Lipinski definition) is 4. The van der Waals surface area contributed by atoms with Crippen LogP contribution in [0, 0.1) is 0 Å². The van der Waals surface area contributed by atoms with E-state index < -0.39 is 5.54 Å². The monoisotopic (exact) mass is 250 g/mol. The Morgan fingerprint density at radius 2 is 2.06 bits per heavy atom. The summed E-state index contributed by atoms with van der Waals surface area (Å²) in [5, 5.41) is 7.67. The molecular formula is C13H22N4O. The van der Waals surface area contributed by atoms with Crippen molar-refractivity contribution in [3.63, 3.8) is 0 Å². The molecule has 0 saturated carbocycles. The van der Waals surface area contributed by atoms with E-state index in [0.29, 0.717) is 5.69 Å². The molecule has 100 valence electrons. The van der Waals surface area contributed by atoms with Crippen LogP contribution in [0.2, 0.25) is 0 Å². The van der Waals surface area contributed by atoms with Crippen LogP contribution in [0.15, 0.2) is 6.20 Å². The zero-order chi connectivity index (χ0) is 13.2. The second kappa shape index (κ2) is 5.18. The molecular weight excluding hydrogens is 228 g/mol. The van der Waals surface area contributed by atoms with E-state index >= 15 is 0 Å². The van der Waals surface area contributed by atoms with Gasteiger partial charge in [0.1, 0.15) is 5.69 Å². The highest BCUT2D eigenvalue weighted by Crippen LogP contribution is 2.27. The molecule has 5 nitrogen and oxygen atoms in total. The maximum absolute atomic E-state index is 12.7. The van der Waals surface area contributed by atoms with Crippen molar-refractivity contribution in [3.05, 3.63) is 11.9 Å². The fourth-order valence-electron chi connectivity index (χ4n) is 2.69. The molecule has 1 aliphatic rings. The topological polar surface area (TPSA) is 51.0 Å². The molecule has 2 rings (SSSR count). The first-order valence-corrected chi connectivity index (χ1v) is 6.74. The van der Waals surface area contributed by atoms with E-state index in [1.54, 1.807) is 17.9 Å². The van der Waals surface area contributed by atoms with E-state index in [-0.39, 0.29) is 5.78 Å². The quantitative estimate of drug-likeness (QED) is 0.762. The van der Waals surface area contributed by atoms with Gasteiger partial charge < -0.3 is 0 Å². The molecule has 2 heterocycles. The predicted octanol–water partition coefficient (Wildman–Crippen LogP) is 1.65. The Hall–Kier alpha value is -1.23. The molecule has 1 fully saturated rings. The van der Waals surface area contributed by atoms with Gasteiger partial charge in [-0.3, -0.25) is 9.69 Å². The summed E-state index contributed by atoms with van der Waals surface area (Å²) in [5.41, 5.74) is 0.181. The van der Waals surface area contributed by atoms with Crippen molar-refractivity contribution in [1.29, 1.82) is 0 Å². The number of aryl methyl sites for hydroxylation is 1. The van der Waals surface area contributed by atoms with Gasteiger partial charge in [0.25, 0.3) is 0 Å². The molecule has 1 atom stereocenters. The number of piperidine rings is 1. The summed E-state index contributed by atoms with van der Waals surface area (Å²) in [7, 11) is 1.77. The lowest BCUT2D eigenvalue weighted by Crippen LogP contribution is -2.54. The molecule has 1 aliphatic heterocycles. The number of rotatable bonds is 4. The summed E-state index contributed by atoms with van der Waals surface area (Å²) >= 11 is 0. The molecule has 0 amide bonds. The lowest BCUT2D eigenvalue weighted by molar-refractivity contribution is 0.0496. The number of hydrogen-bond donors (Lipinski definition) is 0. The lowest BCUT2D eigenvalue weighted by Gasteiger charge is -2.41. The Balaban J connectivity index is 2.26. The first-order valence-electron chi connectivity index (χ1n) is 6.74. The number of ketones is 1. The van der Waals surface area contributed by atoms with E-state index in [9.17, 15) is 4.79 Å². The first-order chi connectivity index (χ1) is 8.59. The second-order valence-electron chi connectivity index (χ2n) is 5.25. The van der Waals surface area contributed by atoms with Gasteiger partial charge in [0.2, 0.25) is 5.78 Å². The predicted molar refractivity (Wildman–Crippen MR) is 69.5 cm³/mol. The third-order valence-corrected chi connectivity index (χ3v) is 4.18. The number of carbonyl (C=O) groups excluding carboxylic acids is 1. The minimum absolute atomic E-state index is 0.138. The Morgan fingerprint density at radius 3 is 2.56 bits per heavy atom.